The number of carbonyl (C=O) groups excluding carboxylic acids is 1. The average Bonchev–Trinajstić information content (AvgIpc) is 2.66. The van der Waals surface area contributed by atoms with E-state index in [1.54, 1.807) is 6.92 Å². The van der Waals surface area contributed by atoms with Crippen LogP contribution in [-0.2, 0) is 23.4 Å². The zero-order chi connectivity index (χ0) is 21.6. The zero-order valence-electron chi connectivity index (χ0n) is 15.7. The molecule has 1 fully saturated rings. The molecule has 1 aromatic rings. The highest BCUT2D eigenvalue weighted by Crippen LogP contribution is 2.31. The molecule has 2 rings (SSSR count). The summed E-state index contributed by atoms with van der Waals surface area (Å²) in [5.41, 5.74) is -3.07. The van der Waals surface area contributed by atoms with Crippen molar-refractivity contribution in [3.63, 3.8) is 0 Å². The Morgan fingerprint density at radius 2 is 2.28 bits per heavy atom. The molecule has 4 atom stereocenters. The number of nitrogens with one attached hydrogen (secondary N) is 2. The third-order valence-electron chi connectivity index (χ3n) is 4.00. The molecule has 0 spiro atoms. The molecule has 1 aromatic heterocycles. The first-order valence-electron chi connectivity index (χ1n) is 8.45. The molecule has 0 aromatic carbocycles. The molecule has 13 heteroatoms. The van der Waals surface area contributed by atoms with Crippen molar-refractivity contribution in [1.29, 1.82) is 0 Å². The summed E-state index contributed by atoms with van der Waals surface area (Å²) in [5.74, 6) is 4.85. The number of hydrogen-bond acceptors (Lipinski definition) is 8. The van der Waals surface area contributed by atoms with E-state index in [9.17, 15) is 24.1 Å². The molecule has 12 nitrogen and oxygen atoms in total. The number of aliphatic hydroxyl groups is 1. The SMILES string of the molecule is CC(=O)NCC#Cc1cn(C2OC(CO)(CO[P+](=O)O)COC2C)c(=O)[nH]c1=O. The van der Waals surface area contributed by atoms with Crippen LogP contribution in [0.1, 0.15) is 25.6 Å². The van der Waals surface area contributed by atoms with Gasteiger partial charge < -0.3 is 19.9 Å². The third kappa shape index (κ3) is 6.04. The smallest absolute Gasteiger partial charge is 0.393 e. The van der Waals surface area contributed by atoms with Crippen molar-refractivity contribution in [2.75, 3.05) is 26.4 Å². The van der Waals surface area contributed by atoms with Gasteiger partial charge in [-0.2, -0.15) is 0 Å². The number of carbonyl (C=O) groups is 1. The van der Waals surface area contributed by atoms with Gasteiger partial charge in [-0.05, 0) is 6.92 Å². The Kier molecular flexibility index (Phi) is 7.80. The topological polar surface area (TPSA) is 169 Å². The predicted molar refractivity (Wildman–Crippen MR) is 98.0 cm³/mol. The normalized spacial score (nSPS) is 24.3. The Hall–Kier alpha value is -2.39. The van der Waals surface area contributed by atoms with Gasteiger partial charge in [0.15, 0.2) is 6.23 Å². The number of H-pyrrole nitrogens is 1. The number of aliphatic hydroxyl groups excluding tert-OH is 1. The van der Waals surface area contributed by atoms with E-state index in [1.807, 2.05) is 0 Å². The molecular weight excluding hydrogens is 409 g/mol. The van der Waals surface area contributed by atoms with Crippen LogP contribution in [0.4, 0.5) is 0 Å². The summed E-state index contributed by atoms with van der Waals surface area (Å²) < 4.78 is 27.9. The van der Waals surface area contributed by atoms with Gasteiger partial charge in [0.1, 0.15) is 23.9 Å². The quantitative estimate of drug-likeness (QED) is 0.305. The van der Waals surface area contributed by atoms with E-state index in [2.05, 4.69) is 26.7 Å². The van der Waals surface area contributed by atoms with E-state index in [1.165, 1.54) is 13.1 Å². The van der Waals surface area contributed by atoms with Crippen LogP contribution in [0, 0.1) is 11.8 Å². The summed E-state index contributed by atoms with van der Waals surface area (Å²) in [4.78, 5) is 46.1. The van der Waals surface area contributed by atoms with Crippen LogP contribution in [0.3, 0.4) is 0 Å². The van der Waals surface area contributed by atoms with Gasteiger partial charge >= 0.3 is 13.9 Å². The lowest BCUT2D eigenvalue weighted by atomic mass is 10.1. The number of rotatable bonds is 6. The van der Waals surface area contributed by atoms with Gasteiger partial charge in [-0.15, -0.1) is 9.42 Å². The minimum absolute atomic E-state index is 0.0115. The van der Waals surface area contributed by atoms with Crippen molar-refractivity contribution in [1.82, 2.24) is 14.9 Å². The van der Waals surface area contributed by atoms with E-state index < -0.39 is 50.7 Å². The van der Waals surface area contributed by atoms with Crippen molar-refractivity contribution in [3.05, 3.63) is 32.6 Å². The molecule has 1 aliphatic rings. The van der Waals surface area contributed by atoms with Crippen molar-refractivity contribution in [2.24, 2.45) is 0 Å². The second kappa shape index (κ2) is 9.89. The number of aromatic amines is 1. The number of nitrogens with zero attached hydrogens (tertiary/aromatic N) is 1. The molecule has 1 amide bonds. The van der Waals surface area contributed by atoms with Crippen LogP contribution >= 0.6 is 8.25 Å². The highest BCUT2D eigenvalue weighted by atomic mass is 31.1. The van der Waals surface area contributed by atoms with E-state index in [4.69, 9.17) is 14.4 Å². The molecule has 0 bridgehead atoms. The van der Waals surface area contributed by atoms with E-state index in [0.717, 1.165) is 4.57 Å². The summed E-state index contributed by atoms with van der Waals surface area (Å²) in [7, 11) is -2.93. The van der Waals surface area contributed by atoms with Crippen LogP contribution in [-0.4, -0.2) is 63.5 Å². The molecule has 1 saturated heterocycles. The van der Waals surface area contributed by atoms with Gasteiger partial charge in [0, 0.05) is 17.7 Å². The third-order valence-corrected chi connectivity index (χ3v) is 4.35. The van der Waals surface area contributed by atoms with Crippen LogP contribution in [0.5, 0.6) is 0 Å². The first-order valence-corrected chi connectivity index (χ1v) is 9.58. The molecule has 158 valence electrons. The van der Waals surface area contributed by atoms with E-state index in [0.29, 0.717) is 0 Å². The van der Waals surface area contributed by atoms with Crippen molar-refractivity contribution < 1.29 is 33.4 Å². The molecule has 0 radical (unpaired) electrons. The lowest BCUT2D eigenvalue weighted by molar-refractivity contribution is -0.271. The molecule has 1 aliphatic heterocycles. The van der Waals surface area contributed by atoms with Gasteiger partial charge in [-0.3, -0.25) is 19.1 Å². The van der Waals surface area contributed by atoms with Crippen LogP contribution in [0.2, 0.25) is 0 Å². The van der Waals surface area contributed by atoms with Crippen LogP contribution < -0.4 is 16.6 Å². The molecule has 29 heavy (non-hydrogen) atoms. The fraction of sp³-hybridized carbons (Fsp3) is 0.562. The Morgan fingerprint density at radius 3 is 2.90 bits per heavy atom. The molecule has 4 N–H and O–H groups in total. The second-order valence-corrected chi connectivity index (χ2v) is 7.03. The monoisotopic (exact) mass is 430 g/mol. The Bertz CT molecular complexity index is 947. The number of hydrogen-bond donors (Lipinski definition) is 4. The predicted octanol–water partition coefficient (Wildman–Crippen LogP) is -1.64. The maximum Gasteiger partial charge on any atom is 0.694 e. The molecule has 0 saturated carbocycles. The van der Waals surface area contributed by atoms with Gasteiger partial charge in [0.05, 0.1) is 19.8 Å². The first kappa shape index (κ1) is 22.9. The van der Waals surface area contributed by atoms with E-state index >= 15 is 0 Å². The van der Waals surface area contributed by atoms with E-state index in [-0.39, 0.29) is 24.6 Å². The fourth-order valence-corrected chi connectivity index (χ4v) is 2.83. The number of amides is 1. The minimum Gasteiger partial charge on any atom is -0.393 e. The first-order chi connectivity index (χ1) is 13.7. The molecular formula is C16H21N3O9P+. The lowest BCUT2D eigenvalue weighted by Gasteiger charge is -2.41. The fourth-order valence-electron chi connectivity index (χ4n) is 2.48. The van der Waals surface area contributed by atoms with Gasteiger partial charge in [0.25, 0.3) is 5.56 Å². The summed E-state index contributed by atoms with van der Waals surface area (Å²) in [6.45, 7) is 1.73. The minimum atomic E-state index is -2.93. The lowest BCUT2D eigenvalue weighted by Crippen LogP contribution is -2.55. The highest BCUT2D eigenvalue weighted by Gasteiger charge is 2.44. The summed E-state index contributed by atoms with van der Waals surface area (Å²) in [6, 6.07) is 0. The molecule has 0 aliphatic carbocycles. The van der Waals surface area contributed by atoms with Gasteiger partial charge in [0.2, 0.25) is 5.91 Å². The average molecular weight is 430 g/mol. The Balaban J connectivity index is 2.34. The largest absolute Gasteiger partial charge is 0.694 e. The maximum atomic E-state index is 12.3. The standard InChI is InChI=1S/C16H20N3O9P/c1-10-14(28-16(7-20,8-26-10)9-27-29(24)25)19-6-12(13(22)18-15(19)23)4-3-5-17-11(2)21/h6,10,14,20H,5,7-9H2,1-2H3,(H2-,17,18,21,22,23,24,25)/p+1. The van der Waals surface area contributed by atoms with Gasteiger partial charge in [-0.1, -0.05) is 11.8 Å². The zero-order valence-corrected chi connectivity index (χ0v) is 16.6. The molecule has 2 heterocycles. The summed E-state index contributed by atoms with van der Waals surface area (Å²) >= 11 is 0. The highest BCUT2D eigenvalue weighted by molar-refractivity contribution is 7.32. The van der Waals surface area contributed by atoms with Crippen molar-refractivity contribution in [2.45, 2.75) is 31.8 Å². The Labute approximate surface area is 165 Å². The Morgan fingerprint density at radius 1 is 1.55 bits per heavy atom. The van der Waals surface area contributed by atoms with Gasteiger partial charge in [-0.25, -0.2) is 4.79 Å². The van der Waals surface area contributed by atoms with Crippen molar-refractivity contribution >= 4 is 14.2 Å². The number of ether oxygens (including phenoxy) is 2. The van der Waals surface area contributed by atoms with Crippen LogP contribution in [0.25, 0.3) is 0 Å². The molecule has 4 unspecified atom stereocenters. The van der Waals surface area contributed by atoms with Crippen molar-refractivity contribution in [3.8, 4) is 11.8 Å². The summed E-state index contributed by atoms with van der Waals surface area (Å²) in [6.07, 6.45) is -0.578. The van der Waals surface area contributed by atoms with Crippen LogP contribution in [0.15, 0.2) is 15.8 Å². The second-order valence-electron chi connectivity index (χ2n) is 6.30. The number of aromatic nitrogens is 2. The summed E-state index contributed by atoms with van der Waals surface area (Å²) in [5, 5.41) is 12.1. The maximum absolute atomic E-state index is 12.3.